The summed E-state index contributed by atoms with van der Waals surface area (Å²) >= 11 is 3.59. The van der Waals surface area contributed by atoms with Gasteiger partial charge in [-0.25, -0.2) is 10.4 Å². The van der Waals surface area contributed by atoms with E-state index in [1.54, 1.807) is 20.3 Å². The second kappa shape index (κ2) is 13.5. The first kappa shape index (κ1) is 28.4. The molecule has 3 aromatic carbocycles. The molecule has 0 radical (unpaired) electrons. The number of carbonyl (C=O) groups excluding carboxylic acids is 1. The average molecular weight is 598 g/mol. The van der Waals surface area contributed by atoms with E-state index in [1.807, 2.05) is 60.7 Å². The first-order chi connectivity index (χ1) is 19.0. The molecule has 0 saturated carbocycles. The predicted octanol–water partition coefficient (Wildman–Crippen LogP) is 3.81. The molecule has 0 aliphatic carbocycles. The lowest BCUT2D eigenvalue weighted by Crippen LogP contribution is -2.52. The van der Waals surface area contributed by atoms with Crippen molar-refractivity contribution in [2.45, 2.75) is 24.9 Å². The molecule has 0 fully saturated rings. The highest BCUT2D eigenvalue weighted by atomic mass is 79.9. The van der Waals surface area contributed by atoms with E-state index in [1.165, 1.54) is 0 Å². The van der Waals surface area contributed by atoms with Crippen molar-refractivity contribution in [2.75, 3.05) is 34.0 Å². The summed E-state index contributed by atoms with van der Waals surface area (Å²) in [6, 6.07) is 20.6. The lowest BCUT2D eigenvalue weighted by molar-refractivity contribution is -0.127. The number of benzene rings is 3. The zero-order chi connectivity index (χ0) is 27.7. The first-order valence-electron chi connectivity index (χ1n) is 12.5. The van der Waals surface area contributed by atoms with Crippen LogP contribution >= 0.6 is 15.9 Å². The van der Waals surface area contributed by atoms with Crippen LogP contribution in [0.25, 0.3) is 0 Å². The number of nitrogens with one attached hydrogen (secondary N) is 2. The van der Waals surface area contributed by atoms with Crippen molar-refractivity contribution < 1.29 is 28.8 Å². The number of ether oxygens (including phenoxy) is 4. The van der Waals surface area contributed by atoms with Crippen LogP contribution in [-0.2, 0) is 22.5 Å². The van der Waals surface area contributed by atoms with E-state index < -0.39 is 5.54 Å². The maximum Gasteiger partial charge on any atom is 0.266 e. The van der Waals surface area contributed by atoms with Gasteiger partial charge in [-0.2, -0.15) is 0 Å². The van der Waals surface area contributed by atoms with Gasteiger partial charge in [0.25, 0.3) is 5.91 Å². The Morgan fingerprint density at radius 2 is 1.77 bits per heavy atom. The van der Waals surface area contributed by atoms with Crippen LogP contribution in [0.3, 0.4) is 0 Å². The molecule has 206 valence electrons. The van der Waals surface area contributed by atoms with Gasteiger partial charge in [0.05, 0.1) is 20.8 Å². The largest absolute Gasteiger partial charge is 0.497 e. The highest BCUT2D eigenvalue weighted by Crippen LogP contribution is 2.30. The molecule has 1 atom stereocenters. The van der Waals surface area contributed by atoms with Crippen molar-refractivity contribution in [3.05, 3.63) is 87.9 Å². The second-order valence-corrected chi connectivity index (χ2v) is 9.84. The van der Waals surface area contributed by atoms with E-state index in [4.69, 9.17) is 29.0 Å². The van der Waals surface area contributed by atoms with Crippen molar-refractivity contribution >= 4 is 27.7 Å². The standard InChI is InChI=1S/C29H32BrN3O6/c1-36-24-14-20(15-25(16-24)37-2)18-31-33-28(35)29(17-22-6-3-4-7-26(22)30)19-39-27(32-29)21-8-10-23(11-9-21)38-13-5-12-34/h3-4,6-11,14-16,31,34H,5,12-13,17-19H2,1-2H3,(H,33,35)/t29-/m0/s1. The Kier molecular flexibility index (Phi) is 9.80. The topological polar surface area (TPSA) is 111 Å². The Bertz CT molecular complexity index is 1280. The molecule has 0 saturated heterocycles. The fraction of sp³-hybridized carbons (Fsp3) is 0.310. The number of hydrogen-bond acceptors (Lipinski definition) is 8. The van der Waals surface area contributed by atoms with E-state index >= 15 is 0 Å². The molecule has 1 heterocycles. The van der Waals surface area contributed by atoms with Crippen LogP contribution in [0.2, 0.25) is 0 Å². The van der Waals surface area contributed by atoms with Gasteiger partial charge >= 0.3 is 0 Å². The monoisotopic (exact) mass is 597 g/mol. The Labute approximate surface area is 236 Å². The summed E-state index contributed by atoms with van der Waals surface area (Å²) in [5.74, 6) is 2.07. The summed E-state index contributed by atoms with van der Waals surface area (Å²) in [6.07, 6.45) is 0.893. The number of carbonyl (C=O) groups is 1. The van der Waals surface area contributed by atoms with Crippen LogP contribution in [0.5, 0.6) is 17.2 Å². The van der Waals surface area contributed by atoms with Gasteiger partial charge < -0.3 is 24.1 Å². The molecule has 9 nitrogen and oxygen atoms in total. The predicted molar refractivity (Wildman–Crippen MR) is 151 cm³/mol. The van der Waals surface area contributed by atoms with Crippen LogP contribution in [0, 0.1) is 0 Å². The molecule has 3 N–H and O–H groups in total. The van der Waals surface area contributed by atoms with E-state index in [-0.39, 0.29) is 19.1 Å². The molecule has 10 heteroatoms. The van der Waals surface area contributed by atoms with Crippen molar-refractivity contribution in [1.82, 2.24) is 10.9 Å². The SMILES string of the molecule is COc1cc(CNNC(=O)[C@]2(Cc3ccccc3Br)COC(c3ccc(OCCCO)cc3)=N2)cc(OC)c1. The molecule has 0 spiro atoms. The molecule has 0 bridgehead atoms. The van der Waals surface area contributed by atoms with Crippen molar-refractivity contribution in [3.8, 4) is 17.2 Å². The molecular weight excluding hydrogens is 566 g/mol. The summed E-state index contributed by atoms with van der Waals surface area (Å²) in [5.41, 5.74) is 7.20. The summed E-state index contributed by atoms with van der Waals surface area (Å²) in [7, 11) is 3.18. The number of halogens is 1. The molecular formula is C29H32BrN3O6. The average Bonchev–Trinajstić information content (AvgIpc) is 3.40. The zero-order valence-electron chi connectivity index (χ0n) is 21.9. The molecule has 39 heavy (non-hydrogen) atoms. The number of rotatable bonds is 13. The Morgan fingerprint density at radius 3 is 2.44 bits per heavy atom. The zero-order valence-corrected chi connectivity index (χ0v) is 23.5. The molecule has 4 rings (SSSR count). The molecule has 1 aliphatic heterocycles. The normalized spacial score (nSPS) is 16.3. The van der Waals surface area contributed by atoms with Crippen LogP contribution < -0.4 is 25.1 Å². The van der Waals surface area contributed by atoms with Gasteiger partial charge in [0.2, 0.25) is 5.90 Å². The first-order valence-corrected chi connectivity index (χ1v) is 13.3. The summed E-state index contributed by atoms with van der Waals surface area (Å²) in [4.78, 5) is 18.5. The third-order valence-electron chi connectivity index (χ3n) is 6.20. The van der Waals surface area contributed by atoms with Crippen molar-refractivity contribution in [3.63, 3.8) is 0 Å². The molecule has 3 aromatic rings. The minimum absolute atomic E-state index is 0.0764. The summed E-state index contributed by atoms with van der Waals surface area (Å²) < 4.78 is 23.2. The maximum absolute atomic E-state index is 13.6. The lowest BCUT2D eigenvalue weighted by atomic mass is 9.91. The smallest absolute Gasteiger partial charge is 0.266 e. The minimum Gasteiger partial charge on any atom is -0.497 e. The molecule has 1 aliphatic rings. The Morgan fingerprint density at radius 1 is 1.05 bits per heavy atom. The maximum atomic E-state index is 13.6. The van der Waals surface area contributed by atoms with Crippen LogP contribution in [0.4, 0.5) is 0 Å². The molecule has 0 unspecified atom stereocenters. The van der Waals surface area contributed by atoms with E-state index in [2.05, 4.69) is 26.8 Å². The van der Waals surface area contributed by atoms with E-state index in [0.717, 1.165) is 21.2 Å². The lowest BCUT2D eigenvalue weighted by Gasteiger charge is -2.24. The van der Waals surface area contributed by atoms with E-state index in [9.17, 15) is 4.79 Å². The Balaban J connectivity index is 1.52. The quantitative estimate of drug-likeness (QED) is 0.203. The number of aliphatic imine (C=N–C) groups is 1. The fourth-order valence-electron chi connectivity index (χ4n) is 4.10. The highest BCUT2D eigenvalue weighted by Gasteiger charge is 2.45. The van der Waals surface area contributed by atoms with Gasteiger partial charge in [0.15, 0.2) is 5.54 Å². The molecule has 1 amide bonds. The highest BCUT2D eigenvalue weighted by molar-refractivity contribution is 9.10. The number of hydrogen-bond donors (Lipinski definition) is 3. The number of aliphatic hydroxyl groups excluding tert-OH is 1. The van der Waals surface area contributed by atoms with Gasteiger partial charge in [-0.1, -0.05) is 34.1 Å². The van der Waals surface area contributed by atoms with Gasteiger partial charge in [0.1, 0.15) is 23.9 Å². The third-order valence-corrected chi connectivity index (χ3v) is 6.98. The van der Waals surface area contributed by atoms with E-state index in [0.29, 0.717) is 49.1 Å². The van der Waals surface area contributed by atoms with Gasteiger partial charge in [0, 0.05) is 42.1 Å². The van der Waals surface area contributed by atoms with Gasteiger partial charge in [-0.15, -0.1) is 0 Å². The van der Waals surface area contributed by atoms with Crippen LogP contribution in [-0.4, -0.2) is 56.5 Å². The number of hydrazine groups is 1. The van der Waals surface area contributed by atoms with Crippen LogP contribution in [0.15, 0.2) is 76.2 Å². The second-order valence-electron chi connectivity index (χ2n) is 8.98. The Hall–Kier alpha value is -3.60. The molecule has 0 aromatic heterocycles. The summed E-state index contributed by atoms with van der Waals surface area (Å²) in [5, 5.41) is 8.94. The fourth-order valence-corrected chi connectivity index (χ4v) is 4.52. The van der Waals surface area contributed by atoms with Gasteiger partial charge in [-0.3, -0.25) is 10.2 Å². The summed E-state index contributed by atoms with van der Waals surface area (Å²) in [6.45, 7) is 0.934. The third kappa shape index (κ3) is 7.29. The van der Waals surface area contributed by atoms with Crippen LogP contribution in [0.1, 0.15) is 23.1 Å². The number of amides is 1. The number of nitrogens with zero attached hydrogens (tertiary/aromatic N) is 1. The minimum atomic E-state index is -1.19. The van der Waals surface area contributed by atoms with Crippen molar-refractivity contribution in [1.29, 1.82) is 0 Å². The number of methoxy groups -OCH3 is 2. The van der Waals surface area contributed by atoms with Gasteiger partial charge in [-0.05, 0) is 53.6 Å². The number of aliphatic hydroxyl groups is 1. The van der Waals surface area contributed by atoms with Crippen molar-refractivity contribution in [2.24, 2.45) is 4.99 Å².